The van der Waals surface area contributed by atoms with Crippen molar-refractivity contribution in [3.05, 3.63) is 87.5 Å². The van der Waals surface area contributed by atoms with Crippen LogP contribution in [0, 0.1) is 22.0 Å². The third-order valence-electron chi connectivity index (χ3n) is 5.17. The van der Waals surface area contributed by atoms with Gasteiger partial charge in [0, 0.05) is 35.5 Å². The number of amides is 1. The fourth-order valence-corrected chi connectivity index (χ4v) is 3.29. The number of nitro groups is 1. The van der Waals surface area contributed by atoms with Crippen LogP contribution in [0.3, 0.4) is 0 Å². The summed E-state index contributed by atoms with van der Waals surface area (Å²) in [5.41, 5.74) is 2.66. The summed E-state index contributed by atoms with van der Waals surface area (Å²) >= 11 is 0. The van der Waals surface area contributed by atoms with Crippen molar-refractivity contribution in [3.8, 4) is 23.3 Å². The Labute approximate surface area is 210 Å². The number of carbonyl (C=O) groups is 1. The predicted molar refractivity (Wildman–Crippen MR) is 140 cm³/mol. The summed E-state index contributed by atoms with van der Waals surface area (Å²) in [5.74, 6) is 6.75. The van der Waals surface area contributed by atoms with Gasteiger partial charge in [0.25, 0.3) is 11.6 Å². The van der Waals surface area contributed by atoms with Crippen LogP contribution >= 0.6 is 0 Å². The average Bonchev–Trinajstić information content (AvgIpc) is 2.87. The summed E-state index contributed by atoms with van der Waals surface area (Å²) in [6, 6.07) is 17.0. The number of benzene rings is 3. The van der Waals surface area contributed by atoms with Gasteiger partial charge in [-0.05, 0) is 56.1 Å². The van der Waals surface area contributed by atoms with Crippen LogP contribution in [0.1, 0.15) is 21.5 Å². The molecule has 9 heteroatoms. The number of nitrogens with one attached hydrogen (secondary N) is 2. The molecule has 3 rings (SSSR count). The number of hydrogen-bond acceptors (Lipinski definition) is 7. The Morgan fingerprint density at radius 1 is 1.00 bits per heavy atom. The van der Waals surface area contributed by atoms with Crippen LogP contribution in [0.5, 0.6) is 11.5 Å². The van der Waals surface area contributed by atoms with E-state index in [1.54, 1.807) is 32.4 Å². The van der Waals surface area contributed by atoms with E-state index in [0.29, 0.717) is 35.7 Å². The second-order valence-electron chi connectivity index (χ2n) is 8.10. The lowest BCUT2D eigenvalue weighted by Crippen LogP contribution is -2.13. The molecule has 0 atom stereocenters. The maximum absolute atomic E-state index is 12.8. The molecule has 0 unspecified atom stereocenters. The fraction of sp³-hybridized carbons (Fsp3) is 0.222. The summed E-state index contributed by atoms with van der Waals surface area (Å²) in [7, 11) is 6.95. The van der Waals surface area contributed by atoms with E-state index in [1.165, 1.54) is 12.1 Å². The van der Waals surface area contributed by atoms with Crippen molar-refractivity contribution in [2.75, 3.05) is 45.5 Å². The summed E-state index contributed by atoms with van der Waals surface area (Å²) < 4.78 is 10.6. The van der Waals surface area contributed by atoms with Gasteiger partial charge in [-0.1, -0.05) is 24.0 Å². The molecule has 0 aliphatic heterocycles. The average molecular weight is 489 g/mol. The van der Waals surface area contributed by atoms with Crippen molar-refractivity contribution in [3.63, 3.8) is 0 Å². The van der Waals surface area contributed by atoms with E-state index in [2.05, 4.69) is 22.5 Å². The predicted octanol–water partition coefficient (Wildman–Crippen LogP) is 4.39. The van der Waals surface area contributed by atoms with Gasteiger partial charge in [-0.3, -0.25) is 19.8 Å². The van der Waals surface area contributed by atoms with Crippen LogP contribution < -0.4 is 20.1 Å². The maximum atomic E-state index is 12.8. The number of rotatable bonds is 9. The van der Waals surface area contributed by atoms with E-state index in [1.807, 2.05) is 49.3 Å². The zero-order valence-electron chi connectivity index (χ0n) is 20.6. The fourth-order valence-electron chi connectivity index (χ4n) is 3.29. The lowest BCUT2D eigenvalue weighted by molar-refractivity contribution is -0.383. The number of methoxy groups -OCH3 is 2. The first-order valence-electron chi connectivity index (χ1n) is 11.1. The molecular formula is C27H28N4O5. The molecule has 0 spiro atoms. The molecular weight excluding hydrogens is 460 g/mol. The van der Waals surface area contributed by atoms with Crippen molar-refractivity contribution >= 4 is 23.0 Å². The molecule has 0 fully saturated rings. The molecule has 1 amide bonds. The van der Waals surface area contributed by atoms with E-state index >= 15 is 0 Å². The molecule has 186 valence electrons. The lowest BCUT2D eigenvalue weighted by Gasteiger charge is -2.12. The SMILES string of the molecule is COc1ccc(NCc2ccc(C(=O)Nc3cc(C#CCN(C)C)ccc3[N+](=O)[O-])cc2)cc1OC. The van der Waals surface area contributed by atoms with Gasteiger partial charge in [-0.15, -0.1) is 0 Å². The normalized spacial score (nSPS) is 10.2. The van der Waals surface area contributed by atoms with Crippen LogP contribution in [-0.4, -0.2) is 50.6 Å². The molecule has 0 saturated carbocycles. The van der Waals surface area contributed by atoms with E-state index in [0.717, 1.165) is 11.3 Å². The minimum atomic E-state index is -0.532. The monoisotopic (exact) mass is 488 g/mol. The summed E-state index contributed by atoms with van der Waals surface area (Å²) in [5, 5.41) is 17.4. The van der Waals surface area contributed by atoms with Gasteiger partial charge < -0.3 is 20.1 Å². The van der Waals surface area contributed by atoms with Gasteiger partial charge in [-0.2, -0.15) is 0 Å². The first kappa shape index (κ1) is 26.1. The van der Waals surface area contributed by atoms with Crippen molar-refractivity contribution in [2.45, 2.75) is 6.54 Å². The van der Waals surface area contributed by atoms with E-state index < -0.39 is 10.8 Å². The molecule has 36 heavy (non-hydrogen) atoms. The number of ether oxygens (including phenoxy) is 2. The molecule has 0 aromatic heterocycles. The van der Waals surface area contributed by atoms with Gasteiger partial charge in [-0.25, -0.2) is 0 Å². The highest BCUT2D eigenvalue weighted by atomic mass is 16.6. The van der Waals surface area contributed by atoms with Crippen LogP contribution in [0.4, 0.5) is 17.1 Å². The van der Waals surface area contributed by atoms with Crippen molar-refractivity contribution in [1.29, 1.82) is 0 Å². The smallest absolute Gasteiger partial charge is 0.292 e. The summed E-state index contributed by atoms with van der Waals surface area (Å²) in [4.78, 5) is 25.6. The zero-order chi connectivity index (χ0) is 26.1. The summed E-state index contributed by atoms with van der Waals surface area (Å²) in [6.45, 7) is 1.07. The Balaban J connectivity index is 1.69. The number of nitrogens with zero attached hydrogens (tertiary/aromatic N) is 2. The minimum absolute atomic E-state index is 0.0980. The highest BCUT2D eigenvalue weighted by Gasteiger charge is 2.17. The summed E-state index contributed by atoms with van der Waals surface area (Å²) in [6.07, 6.45) is 0. The van der Waals surface area contributed by atoms with Gasteiger partial charge in [0.05, 0.1) is 25.7 Å². The topological polar surface area (TPSA) is 106 Å². The number of carbonyl (C=O) groups excluding carboxylic acids is 1. The van der Waals surface area contributed by atoms with E-state index in [9.17, 15) is 14.9 Å². The lowest BCUT2D eigenvalue weighted by atomic mass is 10.1. The van der Waals surface area contributed by atoms with Gasteiger partial charge in [0.15, 0.2) is 11.5 Å². The second-order valence-corrected chi connectivity index (χ2v) is 8.10. The third-order valence-corrected chi connectivity index (χ3v) is 5.17. The molecule has 9 nitrogen and oxygen atoms in total. The molecule has 0 aliphatic rings. The number of hydrogen-bond donors (Lipinski definition) is 2. The standard InChI is InChI=1S/C27H28N4O5/c1-30(2)15-5-6-19-9-13-24(31(33)34)23(16-19)29-27(32)21-10-7-20(8-11-21)18-28-22-12-14-25(35-3)26(17-22)36-4/h7-14,16-17,28H,15,18H2,1-4H3,(H,29,32). The van der Waals surface area contributed by atoms with Gasteiger partial charge >= 0.3 is 0 Å². The van der Waals surface area contributed by atoms with E-state index in [4.69, 9.17) is 9.47 Å². The molecule has 0 bridgehead atoms. The Morgan fingerprint density at radius 3 is 2.36 bits per heavy atom. The van der Waals surface area contributed by atoms with Crippen LogP contribution in [0.15, 0.2) is 60.7 Å². The van der Waals surface area contributed by atoms with Crippen LogP contribution in [-0.2, 0) is 6.54 Å². The Kier molecular flexibility index (Phi) is 8.86. The third kappa shape index (κ3) is 6.98. The first-order valence-corrected chi connectivity index (χ1v) is 11.1. The van der Waals surface area contributed by atoms with Gasteiger partial charge in [0.2, 0.25) is 0 Å². The van der Waals surface area contributed by atoms with Crippen molar-refractivity contribution in [2.24, 2.45) is 0 Å². The second kappa shape index (κ2) is 12.2. The van der Waals surface area contributed by atoms with Crippen LogP contribution in [0.25, 0.3) is 0 Å². The molecule has 0 aliphatic carbocycles. The van der Waals surface area contributed by atoms with Crippen molar-refractivity contribution in [1.82, 2.24) is 4.90 Å². The first-order chi connectivity index (χ1) is 17.3. The van der Waals surface area contributed by atoms with Crippen LogP contribution in [0.2, 0.25) is 0 Å². The van der Waals surface area contributed by atoms with E-state index in [-0.39, 0.29) is 11.4 Å². The molecule has 0 radical (unpaired) electrons. The minimum Gasteiger partial charge on any atom is -0.493 e. The Morgan fingerprint density at radius 2 is 1.72 bits per heavy atom. The molecule has 0 saturated heterocycles. The molecule has 0 heterocycles. The molecule has 2 N–H and O–H groups in total. The molecule has 3 aromatic carbocycles. The highest BCUT2D eigenvalue weighted by Crippen LogP contribution is 2.30. The Hall–Kier alpha value is -4.55. The largest absolute Gasteiger partial charge is 0.493 e. The van der Waals surface area contributed by atoms with Gasteiger partial charge in [0.1, 0.15) is 5.69 Å². The number of anilines is 2. The Bertz CT molecular complexity index is 1290. The number of nitro benzene ring substituents is 1. The van der Waals surface area contributed by atoms with Crippen molar-refractivity contribution < 1.29 is 19.2 Å². The maximum Gasteiger partial charge on any atom is 0.292 e. The zero-order valence-corrected chi connectivity index (χ0v) is 20.6. The highest BCUT2D eigenvalue weighted by molar-refractivity contribution is 6.05. The quantitative estimate of drug-likeness (QED) is 0.261. The molecule has 3 aromatic rings.